The van der Waals surface area contributed by atoms with Gasteiger partial charge in [0.05, 0.1) is 0 Å². The number of fused-ring (bicyclic) bond motifs is 4. The lowest BCUT2D eigenvalue weighted by Gasteiger charge is -2.22. The van der Waals surface area contributed by atoms with E-state index in [-0.39, 0.29) is 0 Å². The van der Waals surface area contributed by atoms with E-state index in [0.29, 0.717) is 0 Å². The lowest BCUT2D eigenvalue weighted by molar-refractivity contribution is -0.132. The molecule has 0 radical (unpaired) electrons. The Morgan fingerprint density at radius 3 is 1.00 bits per heavy atom. The van der Waals surface area contributed by atoms with Gasteiger partial charge in [-0.25, -0.2) is 9.59 Å². The van der Waals surface area contributed by atoms with Crippen LogP contribution in [-0.4, -0.2) is 22.2 Å². The highest BCUT2D eigenvalue weighted by Crippen LogP contribution is 2.46. The van der Waals surface area contributed by atoms with Crippen LogP contribution in [0.5, 0.6) is 0 Å². The number of hydrogen-bond donors (Lipinski definition) is 2. The van der Waals surface area contributed by atoms with Crippen LogP contribution < -0.4 is 0 Å². The minimum atomic E-state index is -0.981. The maximum atomic E-state index is 9.25. The largest absolute Gasteiger partial charge is 0.478 e. The minimum absolute atomic E-state index is 0.833. The quantitative estimate of drug-likeness (QED) is 0.704. The zero-order chi connectivity index (χ0) is 16.5. The third-order valence-electron chi connectivity index (χ3n) is 2.78. The van der Waals surface area contributed by atoms with Crippen molar-refractivity contribution in [3.63, 3.8) is 0 Å². The van der Waals surface area contributed by atoms with Crippen molar-refractivity contribution in [2.75, 3.05) is 0 Å². The van der Waals surface area contributed by atoms with Crippen LogP contribution in [0.4, 0.5) is 0 Å². The molecule has 3 rings (SSSR count). The summed E-state index contributed by atoms with van der Waals surface area (Å²) >= 11 is 0. The van der Waals surface area contributed by atoms with Crippen LogP contribution in [0.2, 0.25) is 0 Å². The van der Waals surface area contributed by atoms with E-state index in [1.807, 2.05) is 0 Å². The lowest BCUT2D eigenvalue weighted by Crippen LogP contribution is -1.96. The summed E-state index contributed by atoms with van der Waals surface area (Å²) in [7, 11) is 0. The molecule has 0 aliphatic heterocycles. The molecular weight excluding hydrogens is 280 g/mol. The van der Waals surface area contributed by atoms with E-state index in [4.69, 9.17) is 10.2 Å². The first kappa shape index (κ1) is 16.9. The predicted molar refractivity (Wildman–Crippen MR) is 86.5 cm³/mol. The van der Waals surface area contributed by atoms with Gasteiger partial charge < -0.3 is 10.2 Å². The molecular formula is C18H16O4. The molecule has 0 fully saturated rings. The van der Waals surface area contributed by atoms with Gasteiger partial charge in [0.1, 0.15) is 0 Å². The summed E-state index contributed by atoms with van der Waals surface area (Å²) in [6.45, 7) is 5.92. The van der Waals surface area contributed by atoms with Gasteiger partial charge in [-0.05, 0) is 22.3 Å². The second-order valence-corrected chi connectivity index (χ2v) is 4.18. The van der Waals surface area contributed by atoms with E-state index >= 15 is 0 Å². The Labute approximate surface area is 128 Å². The number of carboxylic acids is 2. The summed E-state index contributed by atoms with van der Waals surface area (Å²) in [5.41, 5.74) is 5.59. The second-order valence-electron chi connectivity index (χ2n) is 4.18. The highest BCUT2D eigenvalue weighted by Gasteiger charge is 2.19. The zero-order valence-electron chi connectivity index (χ0n) is 11.9. The molecule has 2 aromatic rings. The van der Waals surface area contributed by atoms with Gasteiger partial charge >= 0.3 is 11.9 Å². The van der Waals surface area contributed by atoms with Crippen LogP contribution >= 0.6 is 0 Å². The van der Waals surface area contributed by atoms with E-state index in [2.05, 4.69) is 61.7 Å². The van der Waals surface area contributed by atoms with Gasteiger partial charge in [-0.1, -0.05) is 61.7 Å². The van der Waals surface area contributed by atoms with Crippen molar-refractivity contribution >= 4 is 11.9 Å². The van der Waals surface area contributed by atoms with Crippen molar-refractivity contribution in [2.45, 2.75) is 0 Å². The average Bonchev–Trinajstić information content (AvgIpc) is 2.53. The molecule has 0 aromatic heterocycles. The number of benzene rings is 2. The fraction of sp³-hybridized carbons (Fsp3) is 0. The summed E-state index contributed by atoms with van der Waals surface area (Å²) in [4.78, 5) is 18.5. The van der Waals surface area contributed by atoms with E-state index in [9.17, 15) is 9.59 Å². The molecule has 2 aromatic carbocycles. The maximum absolute atomic E-state index is 9.25. The summed E-state index contributed by atoms with van der Waals surface area (Å²) in [5, 5.41) is 15.2. The van der Waals surface area contributed by atoms with Crippen molar-refractivity contribution in [1.29, 1.82) is 0 Å². The fourth-order valence-electron chi connectivity index (χ4n) is 1.84. The van der Waals surface area contributed by atoms with Crippen molar-refractivity contribution in [3.8, 4) is 22.3 Å². The SMILES string of the molecule is C=CC(=O)O.C=CC(=O)O.c1ccc2c(c1)-c1ccccc1-2. The van der Waals surface area contributed by atoms with E-state index in [0.717, 1.165) is 12.2 Å². The molecule has 22 heavy (non-hydrogen) atoms. The zero-order valence-corrected chi connectivity index (χ0v) is 11.9. The number of aliphatic carboxylic acids is 2. The Kier molecular flexibility index (Phi) is 6.32. The molecule has 4 nitrogen and oxygen atoms in total. The molecule has 4 heteroatoms. The minimum Gasteiger partial charge on any atom is -0.478 e. The Hall–Kier alpha value is -3.14. The monoisotopic (exact) mass is 296 g/mol. The predicted octanol–water partition coefficient (Wildman–Crippen LogP) is 3.85. The highest BCUT2D eigenvalue weighted by molar-refractivity contribution is 6.02. The molecule has 0 unspecified atom stereocenters. The Bertz CT molecular complexity index is 584. The van der Waals surface area contributed by atoms with Crippen LogP contribution in [0.1, 0.15) is 0 Å². The van der Waals surface area contributed by atoms with Crippen LogP contribution in [-0.2, 0) is 9.59 Å². The van der Waals surface area contributed by atoms with E-state index < -0.39 is 11.9 Å². The van der Waals surface area contributed by atoms with E-state index in [1.54, 1.807) is 0 Å². The molecule has 0 saturated heterocycles. The summed E-state index contributed by atoms with van der Waals surface area (Å²) in [5.74, 6) is -1.96. The topological polar surface area (TPSA) is 74.6 Å². The van der Waals surface area contributed by atoms with Crippen LogP contribution in [0.3, 0.4) is 0 Å². The maximum Gasteiger partial charge on any atom is 0.327 e. The molecule has 1 aliphatic rings. The first-order valence-corrected chi connectivity index (χ1v) is 6.40. The summed E-state index contributed by atoms with van der Waals surface area (Å²) in [6, 6.07) is 17.1. The van der Waals surface area contributed by atoms with Gasteiger partial charge in [0.25, 0.3) is 0 Å². The number of carboxylic acid groups (broad SMARTS) is 2. The molecule has 0 saturated carbocycles. The molecule has 0 heterocycles. The van der Waals surface area contributed by atoms with Crippen LogP contribution in [0.25, 0.3) is 22.3 Å². The third-order valence-corrected chi connectivity index (χ3v) is 2.78. The van der Waals surface area contributed by atoms with Crippen molar-refractivity contribution in [3.05, 3.63) is 73.8 Å². The number of hydrogen-bond acceptors (Lipinski definition) is 2. The second kappa shape index (κ2) is 8.21. The van der Waals surface area contributed by atoms with Crippen molar-refractivity contribution < 1.29 is 19.8 Å². The van der Waals surface area contributed by atoms with Crippen LogP contribution in [0.15, 0.2) is 73.8 Å². The molecule has 0 spiro atoms. The smallest absolute Gasteiger partial charge is 0.327 e. The van der Waals surface area contributed by atoms with E-state index in [1.165, 1.54) is 22.3 Å². The van der Waals surface area contributed by atoms with Gasteiger partial charge in [0, 0.05) is 12.2 Å². The molecule has 0 bridgehead atoms. The molecule has 0 atom stereocenters. The van der Waals surface area contributed by atoms with Gasteiger partial charge in [0.2, 0.25) is 0 Å². The first-order chi connectivity index (χ1) is 10.5. The van der Waals surface area contributed by atoms with Crippen molar-refractivity contribution in [2.24, 2.45) is 0 Å². The first-order valence-electron chi connectivity index (χ1n) is 6.40. The molecule has 112 valence electrons. The molecule has 1 aliphatic carbocycles. The Morgan fingerprint density at radius 2 is 0.864 bits per heavy atom. The normalized spacial score (nSPS) is 9.09. The fourth-order valence-corrected chi connectivity index (χ4v) is 1.84. The third kappa shape index (κ3) is 4.45. The number of rotatable bonds is 2. The number of carbonyl (C=O) groups is 2. The van der Waals surface area contributed by atoms with Gasteiger partial charge in [-0.15, -0.1) is 0 Å². The molecule has 2 N–H and O–H groups in total. The Morgan fingerprint density at radius 1 is 0.682 bits per heavy atom. The average molecular weight is 296 g/mol. The van der Waals surface area contributed by atoms with Gasteiger partial charge in [0.15, 0.2) is 0 Å². The van der Waals surface area contributed by atoms with Gasteiger partial charge in [-0.3, -0.25) is 0 Å². The standard InChI is InChI=1S/C12H8.2C3H4O2/c1-2-6-10-9(5-1)11-7-3-4-8-12(10)11;2*1-2-3(4)5/h1-8H;2*2H,1H2,(H,4,5). The highest BCUT2D eigenvalue weighted by atomic mass is 16.4. The van der Waals surface area contributed by atoms with Gasteiger partial charge in [-0.2, -0.15) is 0 Å². The lowest BCUT2D eigenvalue weighted by atomic mass is 9.81. The summed E-state index contributed by atoms with van der Waals surface area (Å²) in [6.07, 6.45) is 1.67. The molecule has 0 amide bonds. The van der Waals surface area contributed by atoms with Crippen molar-refractivity contribution in [1.82, 2.24) is 0 Å². The van der Waals surface area contributed by atoms with Crippen LogP contribution in [0, 0.1) is 0 Å². The summed E-state index contributed by atoms with van der Waals surface area (Å²) < 4.78 is 0. The Balaban J connectivity index is 0.000000206.